The molecule has 0 aliphatic heterocycles. The fourth-order valence-corrected chi connectivity index (χ4v) is 4.53. The summed E-state index contributed by atoms with van der Waals surface area (Å²) in [5, 5.41) is 7.25. The molecule has 0 radical (unpaired) electrons. The van der Waals surface area contributed by atoms with Crippen LogP contribution in [0.5, 0.6) is 0 Å². The van der Waals surface area contributed by atoms with Crippen LogP contribution in [-0.2, 0) is 7.05 Å². The molecular formula is C21H16ClF2N5O2S. The van der Waals surface area contributed by atoms with Gasteiger partial charge in [-0.2, -0.15) is 5.10 Å². The van der Waals surface area contributed by atoms with Gasteiger partial charge in [-0.3, -0.25) is 14.3 Å². The molecule has 1 aromatic carbocycles. The van der Waals surface area contributed by atoms with Crippen LogP contribution < -0.4 is 11.1 Å². The van der Waals surface area contributed by atoms with E-state index >= 15 is 0 Å². The number of hydrogen-bond acceptors (Lipinski definition) is 5. The Labute approximate surface area is 189 Å². The number of benzene rings is 1. The monoisotopic (exact) mass is 475 g/mol. The molecule has 0 aliphatic rings. The number of carbonyl (C=O) groups is 2. The molecule has 2 amide bonds. The van der Waals surface area contributed by atoms with Crippen LogP contribution in [0.2, 0.25) is 5.02 Å². The van der Waals surface area contributed by atoms with Gasteiger partial charge in [-0.1, -0.05) is 41.9 Å². The topological polar surface area (TPSA) is 103 Å². The highest BCUT2D eigenvalue weighted by atomic mass is 35.5. The van der Waals surface area contributed by atoms with Gasteiger partial charge in [0, 0.05) is 12.4 Å². The van der Waals surface area contributed by atoms with Crippen LogP contribution in [0.15, 0.2) is 36.4 Å². The van der Waals surface area contributed by atoms with Gasteiger partial charge >= 0.3 is 0 Å². The van der Waals surface area contributed by atoms with Crippen molar-refractivity contribution >= 4 is 50.7 Å². The third kappa shape index (κ3) is 3.71. The molecule has 0 atom stereocenters. The number of carbonyl (C=O) groups excluding carboxylic acids is 2. The Hall–Kier alpha value is -3.37. The van der Waals surface area contributed by atoms with E-state index < -0.39 is 23.9 Å². The summed E-state index contributed by atoms with van der Waals surface area (Å²) in [6.07, 6.45) is -2.82. The molecule has 0 spiro atoms. The van der Waals surface area contributed by atoms with Gasteiger partial charge in [-0.25, -0.2) is 13.8 Å². The molecule has 7 nitrogen and oxygen atoms in total. The first-order valence-corrected chi connectivity index (χ1v) is 10.5. The molecule has 3 heterocycles. The average Bonchev–Trinajstić information content (AvgIpc) is 3.26. The van der Waals surface area contributed by atoms with Gasteiger partial charge in [0.25, 0.3) is 18.2 Å². The minimum Gasteiger partial charge on any atom is -0.365 e. The lowest BCUT2D eigenvalue weighted by atomic mass is 10.0. The average molecular weight is 476 g/mol. The Balaban J connectivity index is 1.96. The van der Waals surface area contributed by atoms with Gasteiger partial charge in [0.15, 0.2) is 5.69 Å². The van der Waals surface area contributed by atoms with Crippen molar-refractivity contribution in [2.45, 2.75) is 13.3 Å². The lowest BCUT2D eigenvalue weighted by molar-refractivity contribution is 0.100. The van der Waals surface area contributed by atoms with E-state index in [-0.39, 0.29) is 26.1 Å². The van der Waals surface area contributed by atoms with Crippen LogP contribution in [0.4, 0.5) is 14.5 Å². The van der Waals surface area contributed by atoms with Crippen LogP contribution in [0.3, 0.4) is 0 Å². The summed E-state index contributed by atoms with van der Waals surface area (Å²) < 4.78 is 28.5. The Bertz CT molecular complexity index is 1370. The van der Waals surface area contributed by atoms with Crippen LogP contribution in [0, 0.1) is 6.92 Å². The standard InChI is InChI=1S/C21H16ClF2N5O2S/c1-9-14(22)16(28-29(9)2)20(31)27-15-13-11(10-6-4-3-5-7-10)8-12(18(23)24)26-21(13)32-17(15)19(25)30/h3-8,18H,1-2H3,(H2,25,30)(H,27,31). The fraction of sp³-hybridized carbons (Fsp3) is 0.143. The molecule has 164 valence electrons. The van der Waals surface area contributed by atoms with Crippen molar-refractivity contribution in [3.05, 3.63) is 63.4 Å². The predicted molar refractivity (Wildman–Crippen MR) is 119 cm³/mol. The molecular weight excluding hydrogens is 460 g/mol. The van der Waals surface area contributed by atoms with E-state index in [4.69, 9.17) is 17.3 Å². The minimum absolute atomic E-state index is 0.0202. The number of pyridine rings is 1. The molecule has 0 bridgehead atoms. The van der Waals surface area contributed by atoms with E-state index in [2.05, 4.69) is 15.4 Å². The maximum Gasteiger partial charge on any atom is 0.280 e. The lowest BCUT2D eigenvalue weighted by Gasteiger charge is -2.10. The smallest absolute Gasteiger partial charge is 0.280 e. The summed E-state index contributed by atoms with van der Waals surface area (Å²) in [6.45, 7) is 1.70. The number of primary amides is 1. The third-order valence-electron chi connectivity index (χ3n) is 4.93. The van der Waals surface area contributed by atoms with Crippen molar-refractivity contribution < 1.29 is 18.4 Å². The SMILES string of the molecule is Cc1c(Cl)c(C(=O)Nc2c(C(N)=O)sc3nc(C(F)F)cc(-c4ccccc4)c23)nn1C. The molecule has 0 unspecified atom stereocenters. The van der Waals surface area contributed by atoms with Gasteiger partial charge in [0.1, 0.15) is 15.4 Å². The fourth-order valence-electron chi connectivity index (χ4n) is 3.27. The molecule has 3 aromatic heterocycles. The minimum atomic E-state index is -2.82. The van der Waals surface area contributed by atoms with Crippen LogP contribution in [-0.4, -0.2) is 26.6 Å². The highest BCUT2D eigenvalue weighted by Gasteiger charge is 2.27. The highest BCUT2D eigenvalue weighted by molar-refractivity contribution is 7.21. The van der Waals surface area contributed by atoms with E-state index in [1.165, 1.54) is 10.7 Å². The van der Waals surface area contributed by atoms with Gasteiger partial charge in [0.05, 0.1) is 16.4 Å². The normalized spacial score (nSPS) is 11.3. The second-order valence-corrected chi connectivity index (χ2v) is 8.31. The van der Waals surface area contributed by atoms with Gasteiger partial charge in [0.2, 0.25) is 0 Å². The van der Waals surface area contributed by atoms with Crippen LogP contribution >= 0.6 is 22.9 Å². The zero-order valence-corrected chi connectivity index (χ0v) is 18.4. The van der Waals surface area contributed by atoms with E-state index in [0.29, 0.717) is 22.2 Å². The summed E-state index contributed by atoms with van der Waals surface area (Å²) in [7, 11) is 1.64. The lowest BCUT2D eigenvalue weighted by Crippen LogP contribution is -2.17. The van der Waals surface area contributed by atoms with E-state index in [9.17, 15) is 18.4 Å². The number of aryl methyl sites for hydroxylation is 1. The summed E-state index contributed by atoms with van der Waals surface area (Å²) in [4.78, 5) is 29.3. The number of thiophene rings is 1. The van der Waals surface area contributed by atoms with E-state index in [0.717, 1.165) is 11.3 Å². The first-order valence-electron chi connectivity index (χ1n) is 9.30. The maximum absolute atomic E-state index is 13.5. The zero-order valence-electron chi connectivity index (χ0n) is 16.8. The first-order chi connectivity index (χ1) is 15.2. The van der Waals surface area contributed by atoms with Crippen molar-refractivity contribution in [1.82, 2.24) is 14.8 Å². The number of aromatic nitrogens is 3. The summed E-state index contributed by atoms with van der Waals surface area (Å²) in [6, 6.07) is 9.99. The van der Waals surface area contributed by atoms with Crippen molar-refractivity contribution in [3.8, 4) is 11.1 Å². The number of alkyl halides is 2. The zero-order chi connectivity index (χ0) is 23.2. The second-order valence-electron chi connectivity index (χ2n) is 6.94. The Kier molecular flexibility index (Phi) is 5.66. The predicted octanol–water partition coefficient (Wildman–Crippen LogP) is 4.95. The largest absolute Gasteiger partial charge is 0.365 e. The number of fused-ring (bicyclic) bond motifs is 1. The van der Waals surface area contributed by atoms with E-state index in [1.807, 2.05) is 0 Å². The molecule has 0 saturated carbocycles. The Morgan fingerprint density at radius 3 is 2.50 bits per heavy atom. The van der Waals surface area contributed by atoms with Crippen molar-refractivity contribution in [1.29, 1.82) is 0 Å². The number of rotatable bonds is 5. The summed E-state index contributed by atoms with van der Waals surface area (Å²) in [5.41, 5.74) is 6.69. The second kappa shape index (κ2) is 8.29. The Morgan fingerprint density at radius 1 is 1.25 bits per heavy atom. The number of nitrogens with zero attached hydrogens (tertiary/aromatic N) is 3. The number of anilines is 1. The number of halogens is 3. The molecule has 4 rings (SSSR count). The van der Waals surface area contributed by atoms with Gasteiger partial charge in [-0.05, 0) is 24.1 Å². The Morgan fingerprint density at radius 2 is 1.94 bits per heavy atom. The van der Waals surface area contributed by atoms with Gasteiger partial charge in [-0.15, -0.1) is 11.3 Å². The third-order valence-corrected chi connectivity index (χ3v) is 6.48. The number of amides is 2. The van der Waals surface area contributed by atoms with Crippen LogP contribution in [0.1, 0.15) is 38.0 Å². The van der Waals surface area contributed by atoms with Gasteiger partial charge < -0.3 is 11.1 Å². The molecule has 0 saturated heterocycles. The maximum atomic E-state index is 13.5. The molecule has 4 aromatic rings. The van der Waals surface area contributed by atoms with Crippen molar-refractivity contribution in [2.24, 2.45) is 12.8 Å². The van der Waals surface area contributed by atoms with Crippen molar-refractivity contribution in [3.63, 3.8) is 0 Å². The van der Waals surface area contributed by atoms with Crippen molar-refractivity contribution in [2.75, 3.05) is 5.32 Å². The quantitative estimate of drug-likeness (QED) is 0.426. The number of hydrogen-bond donors (Lipinski definition) is 2. The molecule has 32 heavy (non-hydrogen) atoms. The molecule has 0 aliphatic carbocycles. The molecule has 0 fully saturated rings. The molecule has 3 N–H and O–H groups in total. The summed E-state index contributed by atoms with van der Waals surface area (Å²) in [5.74, 6) is -1.50. The highest BCUT2D eigenvalue weighted by Crippen LogP contribution is 2.42. The number of nitrogens with two attached hydrogens (primary N) is 1. The summed E-state index contributed by atoms with van der Waals surface area (Å²) >= 11 is 7.05. The van der Waals surface area contributed by atoms with E-state index in [1.54, 1.807) is 44.3 Å². The number of nitrogens with one attached hydrogen (secondary N) is 1. The molecule has 11 heteroatoms. The first kappa shape index (κ1) is 21.8. The van der Waals surface area contributed by atoms with Crippen LogP contribution in [0.25, 0.3) is 21.3 Å².